The number of nitrogens with one attached hydrogen (secondary N) is 2. The molecule has 1 aliphatic heterocycles. The van der Waals surface area contributed by atoms with Crippen molar-refractivity contribution in [1.29, 1.82) is 0 Å². The highest BCUT2D eigenvalue weighted by Gasteiger charge is 2.44. The lowest BCUT2D eigenvalue weighted by Crippen LogP contribution is -2.58. The lowest BCUT2D eigenvalue weighted by atomic mass is 9.83. The zero-order chi connectivity index (χ0) is 18.7. The molecule has 140 valence electrons. The maximum Gasteiger partial charge on any atom is 0.405 e. The summed E-state index contributed by atoms with van der Waals surface area (Å²) >= 11 is 5.95. The molecule has 0 radical (unpaired) electrons. The lowest BCUT2D eigenvalue weighted by molar-refractivity contribution is -0.184. The van der Waals surface area contributed by atoms with Crippen LogP contribution in [0.15, 0.2) is 24.3 Å². The Labute approximate surface area is 150 Å². The number of benzene rings is 1. The van der Waals surface area contributed by atoms with Crippen molar-refractivity contribution >= 4 is 17.5 Å². The van der Waals surface area contributed by atoms with E-state index < -0.39 is 30.1 Å². The third-order valence-corrected chi connectivity index (χ3v) is 4.78. The normalized spacial score (nSPS) is 18.0. The third-order valence-electron chi connectivity index (χ3n) is 4.54. The van der Waals surface area contributed by atoms with Crippen LogP contribution in [0.3, 0.4) is 0 Å². The Morgan fingerprint density at radius 3 is 2.52 bits per heavy atom. The van der Waals surface area contributed by atoms with Gasteiger partial charge < -0.3 is 10.6 Å². The number of rotatable bonds is 5. The van der Waals surface area contributed by atoms with Gasteiger partial charge in [0.1, 0.15) is 6.04 Å². The van der Waals surface area contributed by atoms with Crippen molar-refractivity contribution in [3.8, 4) is 0 Å². The van der Waals surface area contributed by atoms with E-state index in [0.717, 1.165) is 0 Å². The van der Waals surface area contributed by atoms with Crippen LogP contribution in [0.25, 0.3) is 0 Å². The van der Waals surface area contributed by atoms with Gasteiger partial charge in [-0.15, -0.1) is 0 Å². The molecule has 4 nitrogen and oxygen atoms in total. The van der Waals surface area contributed by atoms with Crippen molar-refractivity contribution in [2.75, 3.05) is 32.7 Å². The molecule has 0 aromatic heterocycles. The number of alkyl halides is 3. The molecule has 8 heteroatoms. The Hall–Kier alpha value is -1.31. The van der Waals surface area contributed by atoms with E-state index in [1.54, 1.807) is 38.1 Å². The predicted octanol–water partition coefficient (Wildman–Crippen LogP) is 2.57. The molecule has 1 amide bonds. The minimum Gasteiger partial charge on any atom is -0.353 e. The van der Waals surface area contributed by atoms with Crippen molar-refractivity contribution in [3.05, 3.63) is 34.9 Å². The topological polar surface area (TPSA) is 44.4 Å². The molecule has 1 heterocycles. The number of piperazine rings is 1. The standard InChI is InChI=1S/C17H23ClF3N3O/c1-16(2,12-4-3-5-13(18)10-12)15(25)23-11-14(17(19,20)21)24-8-6-22-7-9-24/h3-5,10,14,22H,6-9,11H2,1-2H3,(H,23,25). The van der Waals surface area contributed by atoms with Crippen molar-refractivity contribution in [3.63, 3.8) is 0 Å². The molecule has 25 heavy (non-hydrogen) atoms. The highest BCUT2D eigenvalue weighted by atomic mass is 35.5. The fourth-order valence-electron chi connectivity index (χ4n) is 2.86. The first kappa shape index (κ1) is 20.0. The van der Waals surface area contributed by atoms with Crippen LogP contribution in [0, 0.1) is 0 Å². The van der Waals surface area contributed by atoms with Crippen molar-refractivity contribution in [2.24, 2.45) is 0 Å². The largest absolute Gasteiger partial charge is 0.405 e. The van der Waals surface area contributed by atoms with E-state index in [1.165, 1.54) is 4.90 Å². The maximum atomic E-state index is 13.4. The molecule has 1 fully saturated rings. The molecule has 0 spiro atoms. The van der Waals surface area contributed by atoms with Crippen LogP contribution in [0.1, 0.15) is 19.4 Å². The fraction of sp³-hybridized carbons (Fsp3) is 0.588. The Kier molecular flexibility index (Phi) is 6.35. The zero-order valence-corrected chi connectivity index (χ0v) is 15.0. The van der Waals surface area contributed by atoms with Crippen molar-refractivity contribution in [2.45, 2.75) is 31.5 Å². The van der Waals surface area contributed by atoms with E-state index in [0.29, 0.717) is 36.8 Å². The van der Waals surface area contributed by atoms with Gasteiger partial charge in [0.05, 0.1) is 5.41 Å². The van der Waals surface area contributed by atoms with E-state index in [1.807, 2.05) is 0 Å². The first-order valence-corrected chi connectivity index (χ1v) is 8.56. The number of carbonyl (C=O) groups is 1. The number of carbonyl (C=O) groups excluding carboxylic acids is 1. The van der Waals surface area contributed by atoms with Gasteiger partial charge in [-0.25, -0.2) is 0 Å². The van der Waals surface area contributed by atoms with Crippen LogP contribution < -0.4 is 10.6 Å². The molecule has 0 aliphatic carbocycles. The minimum atomic E-state index is -4.40. The smallest absolute Gasteiger partial charge is 0.353 e. The average Bonchev–Trinajstić information content (AvgIpc) is 2.54. The zero-order valence-electron chi connectivity index (χ0n) is 14.3. The average molecular weight is 378 g/mol. The van der Waals surface area contributed by atoms with Crippen LogP contribution in [0.2, 0.25) is 5.02 Å². The van der Waals surface area contributed by atoms with Crippen LogP contribution >= 0.6 is 11.6 Å². The summed E-state index contributed by atoms with van der Waals surface area (Å²) in [5, 5.41) is 5.99. The van der Waals surface area contributed by atoms with E-state index in [4.69, 9.17) is 11.6 Å². The minimum absolute atomic E-state index is 0.303. The van der Waals surface area contributed by atoms with E-state index in [-0.39, 0.29) is 0 Å². The van der Waals surface area contributed by atoms with E-state index >= 15 is 0 Å². The van der Waals surface area contributed by atoms with Crippen LogP contribution in [-0.4, -0.2) is 55.7 Å². The molecule has 2 N–H and O–H groups in total. The van der Waals surface area contributed by atoms with Gasteiger partial charge in [0.2, 0.25) is 5.91 Å². The first-order chi connectivity index (χ1) is 11.6. The predicted molar refractivity (Wildman–Crippen MR) is 91.8 cm³/mol. The van der Waals surface area contributed by atoms with Crippen molar-refractivity contribution < 1.29 is 18.0 Å². The van der Waals surface area contributed by atoms with Crippen LogP contribution in [-0.2, 0) is 10.2 Å². The molecule has 1 aromatic rings. The van der Waals surface area contributed by atoms with Gasteiger partial charge in [-0.1, -0.05) is 23.7 Å². The van der Waals surface area contributed by atoms with Crippen LogP contribution in [0.4, 0.5) is 13.2 Å². The summed E-state index contributed by atoms with van der Waals surface area (Å²) in [4.78, 5) is 13.9. The number of amides is 1. The summed E-state index contributed by atoms with van der Waals surface area (Å²) in [5.74, 6) is -0.459. The number of halogens is 4. The Morgan fingerprint density at radius 1 is 1.32 bits per heavy atom. The summed E-state index contributed by atoms with van der Waals surface area (Å²) in [6, 6.07) is 5.10. The van der Waals surface area contributed by atoms with Gasteiger partial charge in [0.15, 0.2) is 0 Å². The molecule has 1 saturated heterocycles. The fourth-order valence-corrected chi connectivity index (χ4v) is 3.05. The van der Waals surface area contributed by atoms with Gasteiger partial charge in [0.25, 0.3) is 0 Å². The maximum absolute atomic E-state index is 13.4. The highest BCUT2D eigenvalue weighted by Crippen LogP contribution is 2.27. The van der Waals surface area contributed by atoms with Crippen LogP contribution in [0.5, 0.6) is 0 Å². The highest BCUT2D eigenvalue weighted by molar-refractivity contribution is 6.30. The molecule has 0 bridgehead atoms. The van der Waals surface area contributed by atoms with Gasteiger partial charge in [-0.05, 0) is 31.5 Å². The first-order valence-electron chi connectivity index (χ1n) is 8.18. The third kappa shape index (κ3) is 5.09. The lowest BCUT2D eigenvalue weighted by Gasteiger charge is -2.36. The second-order valence-corrected chi connectivity index (χ2v) is 7.13. The van der Waals surface area contributed by atoms with Gasteiger partial charge in [-0.3, -0.25) is 9.69 Å². The van der Waals surface area contributed by atoms with Gasteiger partial charge in [0, 0.05) is 37.7 Å². The second kappa shape index (κ2) is 7.93. The number of hydrogen-bond donors (Lipinski definition) is 2. The van der Waals surface area contributed by atoms with E-state index in [9.17, 15) is 18.0 Å². The summed E-state index contributed by atoms with van der Waals surface area (Å²) in [5.41, 5.74) is -0.326. The summed E-state index contributed by atoms with van der Waals surface area (Å²) in [7, 11) is 0. The summed E-state index contributed by atoms with van der Waals surface area (Å²) in [6.07, 6.45) is -4.40. The molecule has 1 aliphatic rings. The number of hydrogen-bond acceptors (Lipinski definition) is 3. The molecular formula is C17H23ClF3N3O. The molecule has 1 atom stereocenters. The summed E-state index contributed by atoms with van der Waals surface area (Å²) < 4.78 is 40.2. The van der Waals surface area contributed by atoms with Gasteiger partial charge >= 0.3 is 6.18 Å². The molecular weight excluding hydrogens is 355 g/mol. The Morgan fingerprint density at radius 2 is 1.96 bits per heavy atom. The second-order valence-electron chi connectivity index (χ2n) is 6.69. The molecule has 1 unspecified atom stereocenters. The van der Waals surface area contributed by atoms with Crippen molar-refractivity contribution in [1.82, 2.24) is 15.5 Å². The van der Waals surface area contributed by atoms with Gasteiger partial charge in [-0.2, -0.15) is 13.2 Å². The Bertz CT molecular complexity index is 601. The van der Waals surface area contributed by atoms with E-state index in [2.05, 4.69) is 10.6 Å². The SMILES string of the molecule is CC(C)(C(=O)NCC(N1CCNCC1)C(F)(F)F)c1cccc(Cl)c1. The molecule has 0 saturated carbocycles. The Balaban J connectivity index is 2.07. The number of nitrogens with zero attached hydrogens (tertiary/aromatic N) is 1. The molecule has 1 aromatic carbocycles. The molecule has 2 rings (SSSR count). The summed E-state index contributed by atoms with van der Waals surface area (Å²) in [6.45, 7) is 4.49. The quantitative estimate of drug-likeness (QED) is 0.829. The monoisotopic (exact) mass is 377 g/mol.